The van der Waals surface area contributed by atoms with Crippen molar-refractivity contribution in [2.45, 2.75) is 27.2 Å². The van der Waals surface area contributed by atoms with Crippen molar-refractivity contribution in [3.63, 3.8) is 0 Å². The first-order valence-corrected chi connectivity index (χ1v) is 7.54. The summed E-state index contributed by atoms with van der Waals surface area (Å²) < 4.78 is 0. The van der Waals surface area contributed by atoms with Gasteiger partial charge in [-0.3, -0.25) is 4.79 Å². The highest BCUT2D eigenvalue weighted by Gasteiger charge is 2.21. The molecule has 0 saturated heterocycles. The molecule has 6 heteroatoms. The predicted octanol–water partition coefficient (Wildman–Crippen LogP) is 2.28. The number of hydrogen-bond donors (Lipinski definition) is 2. The van der Waals surface area contributed by atoms with E-state index in [9.17, 15) is 4.79 Å². The Hall–Kier alpha value is -1.74. The van der Waals surface area contributed by atoms with Crippen LogP contribution in [0.4, 0.5) is 10.9 Å². The van der Waals surface area contributed by atoms with Crippen LogP contribution in [0.3, 0.4) is 0 Å². The lowest BCUT2D eigenvalue weighted by Gasteiger charge is -2.18. The molecule has 1 amide bonds. The van der Waals surface area contributed by atoms with Crippen molar-refractivity contribution in [1.82, 2.24) is 9.88 Å². The lowest BCUT2D eigenvalue weighted by Crippen LogP contribution is -2.32. The fraction of sp³-hybridized carbons (Fsp3) is 0.571. The molecule has 0 bridgehead atoms. The number of nitrogens with zero attached hydrogens (tertiary/aromatic N) is 2. The number of nitrogens with one attached hydrogen (secondary N) is 1. The molecule has 5 nitrogen and oxygen atoms in total. The van der Waals surface area contributed by atoms with Crippen LogP contribution in [0.5, 0.6) is 0 Å². The molecule has 0 aliphatic heterocycles. The van der Waals surface area contributed by atoms with Gasteiger partial charge in [-0.2, -0.15) is 0 Å². The van der Waals surface area contributed by atoms with Gasteiger partial charge in [-0.15, -0.1) is 6.42 Å². The second-order valence-electron chi connectivity index (χ2n) is 4.94. The smallest absolute Gasteiger partial charge is 0.268 e. The molecule has 0 unspecified atom stereocenters. The minimum absolute atomic E-state index is 0.141. The SMILES string of the molecule is C#CCN(CCC)C(=O)c1sc(NCC(C)C)nc1N. The van der Waals surface area contributed by atoms with Gasteiger partial charge >= 0.3 is 0 Å². The Balaban J connectivity index is 2.84. The maximum atomic E-state index is 12.4. The molecular weight excluding hydrogens is 272 g/mol. The van der Waals surface area contributed by atoms with Gasteiger partial charge in [0.1, 0.15) is 10.7 Å². The lowest BCUT2D eigenvalue weighted by molar-refractivity contribution is 0.0782. The van der Waals surface area contributed by atoms with Crippen molar-refractivity contribution < 1.29 is 4.79 Å². The van der Waals surface area contributed by atoms with E-state index in [4.69, 9.17) is 12.2 Å². The number of anilines is 2. The largest absolute Gasteiger partial charge is 0.382 e. The average molecular weight is 294 g/mol. The van der Waals surface area contributed by atoms with Gasteiger partial charge in [-0.1, -0.05) is 38.0 Å². The molecule has 0 aromatic carbocycles. The number of thiazole rings is 1. The van der Waals surface area contributed by atoms with Crippen molar-refractivity contribution in [1.29, 1.82) is 0 Å². The van der Waals surface area contributed by atoms with E-state index in [-0.39, 0.29) is 11.7 Å². The first-order valence-electron chi connectivity index (χ1n) is 6.72. The molecule has 0 radical (unpaired) electrons. The summed E-state index contributed by atoms with van der Waals surface area (Å²) in [7, 11) is 0. The van der Waals surface area contributed by atoms with Crippen LogP contribution < -0.4 is 11.1 Å². The van der Waals surface area contributed by atoms with Crippen LogP contribution in [0, 0.1) is 18.3 Å². The van der Waals surface area contributed by atoms with Gasteiger partial charge in [0.25, 0.3) is 5.91 Å². The summed E-state index contributed by atoms with van der Waals surface area (Å²) >= 11 is 1.28. The molecule has 0 spiro atoms. The van der Waals surface area contributed by atoms with Gasteiger partial charge in [-0.25, -0.2) is 4.98 Å². The minimum Gasteiger partial charge on any atom is -0.382 e. The Morgan fingerprint density at radius 3 is 2.85 bits per heavy atom. The number of aromatic nitrogens is 1. The lowest BCUT2D eigenvalue weighted by atomic mass is 10.2. The van der Waals surface area contributed by atoms with Gasteiger partial charge in [0, 0.05) is 13.1 Å². The number of nitrogens with two attached hydrogens (primary N) is 1. The van der Waals surface area contributed by atoms with Crippen LogP contribution in [0.25, 0.3) is 0 Å². The van der Waals surface area contributed by atoms with E-state index in [1.54, 1.807) is 4.90 Å². The molecule has 1 rings (SSSR count). The van der Waals surface area contributed by atoms with E-state index in [0.717, 1.165) is 13.0 Å². The van der Waals surface area contributed by atoms with Crippen molar-refractivity contribution in [2.24, 2.45) is 5.92 Å². The minimum atomic E-state index is -0.141. The zero-order valence-electron chi connectivity index (χ0n) is 12.3. The number of carbonyl (C=O) groups is 1. The van der Waals surface area contributed by atoms with Crippen LogP contribution in [0.2, 0.25) is 0 Å². The molecule has 0 aliphatic rings. The Labute approximate surface area is 124 Å². The third-order valence-electron chi connectivity index (χ3n) is 2.57. The predicted molar refractivity (Wildman–Crippen MR) is 84.9 cm³/mol. The quantitative estimate of drug-likeness (QED) is 0.757. The van der Waals surface area contributed by atoms with Crippen molar-refractivity contribution in [3.05, 3.63) is 4.88 Å². The summed E-state index contributed by atoms with van der Waals surface area (Å²) in [5, 5.41) is 3.86. The van der Waals surface area contributed by atoms with Gasteiger partial charge in [0.2, 0.25) is 0 Å². The highest BCUT2D eigenvalue weighted by Crippen LogP contribution is 2.26. The molecule has 0 aliphatic carbocycles. The van der Waals surface area contributed by atoms with E-state index in [0.29, 0.717) is 29.0 Å². The molecule has 0 saturated carbocycles. The van der Waals surface area contributed by atoms with E-state index < -0.39 is 0 Å². The summed E-state index contributed by atoms with van der Waals surface area (Å²) in [6.45, 7) is 7.91. The van der Waals surface area contributed by atoms with Crippen molar-refractivity contribution in [2.75, 3.05) is 30.7 Å². The molecule has 110 valence electrons. The summed E-state index contributed by atoms with van der Waals surface area (Å²) in [6.07, 6.45) is 6.15. The number of carbonyl (C=O) groups excluding carboxylic acids is 1. The summed E-state index contributed by atoms with van der Waals surface area (Å²) in [6, 6.07) is 0. The number of hydrogen-bond acceptors (Lipinski definition) is 5. The summed E-state index contributed by atoms with van der Waals surface area (Å²) in [4.78, 5) is 18.7. The molecular formula is C14H22N4OS. The van der Waals surface area contributed by atoms with Gasteiger partial charge in [0.05, 0.1) is 6.54 Å². The Morgan fingerprint density at radius 1 is 1.60 bits per heavy atom. The fourth-order valence-corrected chi connectivity index (χ4v) is 2.49. The Kier molecular flexibility index (Phi) is 6.32. The second kappa shape index (κ2) is 7.75. The first kappa shape index (κ1) is 16.3. The molecule has 1 heterocycles. The van der Waals surface area contributed by atoms with Gasteiger partial charge in [0.15, 0.2) is 5.13 Å². The zero-order chi connectivity index (χ0) is 15.1. The van der Waals surface area contributed by atoms with Crippen molar-refractivity contribution in [3.8, 4) is 12.3 Å². The van der Waals surface area contributed by atoms with Gasteiger partial charge in [-0.05, 0) is 12.3 Å². The monoisotopic (exact) mass is 294 g/mol. The summed E-state index contributed by atoms with van der Waals surface area (Å²) in [5.74, 6) is 3.13. The normalized spacial score (nSPS) is 10.3. The zero-order valence-corrected chi connectivity index (χ0v) is 13.1. The number of terminal acetylenes is 1. The van der Waals surface area contributed by atoms with Crippen LogP contribution >= 0.6 is 11.3 Å². The number of nitrogen functional groups attached to an aromatic ring is 1. The molecule has 1 aromatic rings. The number of amides is 1. The first-order chi connectivity index (χ1) is 9.49. The molecule has 0 atom stereocenters. The average Bonchev–Trinajstić information content (AvgIpc) is 2.76. The standard InChI is InChI=1S/C14H22N4OS/c1-5-7-18(8-6-2)13(19)11-12(15)17-14(20-11)16-9-10(3)4/h1,10H,6-9,15H2,2-4H3,(H,16,17). The maximum Gasteiger partial charge on any atom is 0.268 e. The van der Waals surface area contributed by atoms with Crippen LogP contribution in [-0.4, -0.2) is 35.4 Å². The Bertz CT molecular complexity index is 490. The van der Waals surface area contributed by atoms with Gasteiger partial charge < -0.3 is 16.0 Å². The van der Waals surface area contributed by atoms with Crippen molar-refractivity contribution >= 4 is 28.2 Å². The van der Waals surface area contributed by atoms with Crippen LogP contribution in [0.1, 0.15) is 36.9 Å². The van der Waals surface area contributed by atoms with E-state index in [2.05, 4.69) is 30.1 Å². The van der Waals surface area contributed by atoms with E-state index >= 15 is 0 Å². The van der Waals surface area contributed by atoms with E-state index in [1.807, 2.05) is 6.92 Å². The third kappa shape index (κ3) is 4.42. The molecule has 1 aromatic heterocycles. The van der Waals surface area contributed by atoms with Crippen LogP contribution in [-0.2, 0) is 0 Å². The maximum absolute atomic E-state index is 12.4. The topological polar surface area (TPSA) is 71.2 Å². The molecule has 20 heavy (non-hydrogen) atoms. The Morgan fingerprint density at radius 2 is 2.30 bits per heavy atom. The third-order valence-corrected chi connectivity index (χ3v) is 3.59. The molecule has 3 N–H and O–H groups in total. The number of rotatable bonds is 7. The summed E-state index contributed by atoms with van der Waals surface area (Å²) in [5.41, 5.74) is 5.84. The fourth-order valence-electron chi connectivity index (χ4n) is 1.63. The second-order valence-corrected chi connectivity index (χ2v) is 5.94. The van der Waals surface area contributed by atoms with E-state index in [1.165, 1.54) is 11.3 Å². The van der Waals surface area contributed by atoms with Crippen LogP contribution in [0.15, 0.2) is 0 Å². The molecule has 0 fully saturated rings. The highest BCUT2D eigenvalue weighted by atomic mass is 32.1. The highest BCUT2D eigenvalue weighted by molar-refractivity contribution is 7.18.